The van der Waals surface area contributed by atoms with Gasteiger partial charge in [-0.3, -0.25) is 9.69 Å². The Labute approximate surface area is 120 Å². The van der Waals surface area contributed by atoms with E-state index in [1.165, 1.54) is 0 Å². The molecule has 2 unspecified atom stereocenters. The summed E-state index contributed by atoms with van der Waals surface area (Å²) in [6.07, 6.45) is 2.35. The number of piperidine rings is 1. The minimum atomic E-state index is -0.678. The number of aliphatic carboxylic acids is 1. The third-order valence-corrected chi connectivity index (χ3v) is 4.66. The number of carboxylic acid groups (broad SMARTS) is 1. The number of phenolic OH excluding ortho intramolecular Hbond substituents is 1. The number of likely N-dealkylation sites (tertiary alicyclic amines) is 1. The van der Waals surface area contributed by atoms with Crippen LogP contribution in [0.25, 0.3) is 0 Å². The summed E-state index contributed by atoms with van der Waals surface area (Å²) in [5.41, 5.74) is 0.503. The van der Waals surface area contributed by atoms with Crippen LogP contribution in [0, 0.1) is 5.41 Å². The standard InChI is InChI=1S/C16H23NO3/c1-3-16(15(19)20)9-4-10-17(11-16)12(2)13-5-7-14(18)8-6-13/h5-8,12,18H,3-4,9-11H2,1-2H3,(H,19,20). The zero-order valence-corrected chi connectivity index (χ0v) is 12.2. The maximum Gasteiger partial charge on any atom is 0.310 e. The number of rotatable bonds is 4. The van der Waals surface area contributed by atoms with Crippen molar-refractivity contribution in [1.82, 2.24) is 4.90 Å². The molecule has 4 heteroatoms. The summed E-state index contributed by atoms with van der Waals surface area (Å²) in [6.45, 7) is 5.58. The van der Waals surface area contributed by atoms with Crippen molar-refractivity contribution < 1.29 is 15.0 Å². The van der Waals surface area contributed by atoms with Gasteiger partial charge in [-0.05, 0) is 50.4 Å². The summed E-state index contributed by atoms with van der Waals surface area (Å²) in [4.78, 5) is 13.8. The highest BCUT2D eigenvalue weighted by Gasteiger charge is 2.41. The van der Waals surface area contributed by atoms with Gasteiger partial charge in [0.15, 0.2) is 0 Å². The van der Waals surface area contributed by atoms with Crippen molar-refractivity contribution in [2.45, 2.75) is 39.2 Å². The number of carboxylic acids is 1. The summed E-state index contributed by atoms with van der Waals surface area (Å²) in [5.74, 6) is -0.421. The average molecular weight is 277 g/mol. The Morgan fingerprint density at radius 2 is 2.05 bits per heavy atom. The zero-order valence-electron chi connectivity index (χ0n) is 12.2. The van der Waals surface area contributed by atoms with Gasteiger partial charge < -0.3 is 10.2 Å². The molecule has 2 rings (SSSR count). The van der Waals surface area contributed by atoms with Gasteiger partial charge in [0.25, 0.3) is 0 Å². The lowest BCUT2D eigenvalue weighted by Crippen LogP contribution is -2.48. The first-order valence-corrected chi connectivity index (χ1v) is 7.25. The van der Waals surface area contributed by atoms with Crippen LogP contribution in [0.2, 0.25) is 0 Å². The summed E-state index contributed by atoms with van der Waals surface area (Å²) < 4.78 is 0. The van der Waals surface area contributed by atoms with Crippen molar-refractivity contribution in [3.8, 4) is 5.75 Å². The summed E-state index contributed by atoms with van der Waals surface area (Å²) in [7, 11) is 0. The van der Waals surface area contributed by atoms with Crippen molar-refractivity contribution in [2.24, 2.45) is 5.41 Å². The Balaban J connectivity index is 2.16. The van der Waals surface area contributed by atoms with E-state index < -0.39 is 11.4 Å². The van der Waals surface area contributed by atoms with E-state index in [9.17, 15) is 15.0 Å². The van der Waals surface area contributed by atoms with Crippen LogP contribution >= 0.6 is 0 Å². The van der Waals surface area contributed by atoms with Gasteiger partial charge in [-0.15, -0.1) is 0 Å². The maximum absolute atomic E-state index is 11.6. The van der Waals surface area contributed by atoms with Gasteiger partial charge in [0.05, 0.1) is 5.41 Å². The summed E-state index contributed by atoms with van der Waals surface area (Å²) >= 11 is 0. The van der Waals surface area contributed by atoms with Gasteiger partial charge in [0.2, 0.25) is 0 Å². The van der Waals surface area contributed by atoms with E-state index in [1.807, 2.05) is 19.1 Å². The van der Waals surface area contributed by atoms with Crippen LogP contribution in [0.3, 0.4) is 0 Å². The van der Waals surface area contributed by atoms with Gasteiger partial charge in [-0.25, -0.2) is 0 Å². The normalized spacial score (nSPS) is 25.3. The van der Waals surface area contributed by atoms with Crippen LogP contribution in [0.5, 0.6) is 5.75 Å². The van der Waals surface area contributed by atoms with Gasteiger partial charge in [-0.2, -0.15) is 0 Å². The summed E-state index contributed by atoms with van der Waals surface area (Å²) in [5, 5.41) is 18.9. The molecular formula is C16H23NO3. The second kappa shape index (κ2) is 5.83. The van der Waals surface area contributed by atoms with Crippen molar-refractivity contribution in [3.63, 3.8) is 0 Å². The quantitative estimate of drug-likeness (QED) is 0.888. The molecule has 0 aromatic heterocycles. The number of carbonyl (C=O) groups is 1. The van der Waals surface area contributed by atoms with E-state index in [0.717, 1.165) is 24.9 Å². The van der Waals surface area contributed by atoms with Crippen LogP contribution < -0.4 is 0 Å². The van der Waals surface area contributed by atoms with Crippen LogP contribution in [-0.2, 0) is 4.79 Å². The SMILES string of the molecule is CCC1(C(=O)O)CCCN(C(C)c2ccc(O)cc2)C1. The lowest BCUT2D eigenvalue weighted by atomic mass is 9.77. The molecule has 0 radical (unpaired) electrons. The molecule has 2 atom stereocenters. The molecule has 2 N–H and O–H groups in total. The van der Waals surface area contributed by atoms with Crippen molar-refractivity contribution in [2.75, 3.05) is 13.1 Å². The fourth-order valence-electron chi connectivity index (χ4n) is 3.08. The van der Waals surface area contributed by atoms with E-state index in [2.05, 4.69) is 11.8 Å². The molecule has 20 heavy (non-hydrogen) atoms. The first-order valence-electron chi connectivity index (χ1n) is 7.25. The number of hydrogen-bond donors (Lipinski definition) is 2. The largest absolute Gasteiger partial charge is 0.508 e. The predicted octanol–water partition coefficient (Wildman–Crippen LogP) is 3.03. The molecule has 0 bridgehead atoms. The monoisotopic (exact) mass is 277 g/mol. The van der Waals surface area contributed by atoms with Gasteiger partial charge >= 0.3 is 5.97 Å². The third-order valence-electron chi connectivity index (χ3n) is 4.66. The van der Waals surface area contributed by atoms with E-state index in [4.69, 9.17) is 0 Å². The highest BCUT2D eigenvalue weighted by atomic mass is 16.4. The number of nitrogens with zero attached hydrogens (tertiary/aromatic N) is 1. The third kappa shape index (κ3) is 2.80. The predicted molar refractivity (Wildman–Crippen MR) is 77.7 cm³/mol. The van der Waals surface area contributed by atoms with Crippen LogP contribution in [0.4, 0.5) is 0 Å². The van der Waals surface area contributed by atoms with Crippen molar-refractivity contribution >= 4 is 5.97 Å². The number of hydrogen-bond acceptors (Lipinski definition) is 3. The molecule has 1 heterocycles. The molecule has 1 aliphatic rings. The molecule has 1 aromatic carbocycles. The van der Waals surface area contributed by atoms with Gasteiger partial charge in [-0.1, -0.05) is 19.1 Å². The molecule has 1 saturated heterocycles. The van der Waals surface area contributed by atoms with E-state index in [0.29, 0.717) is 13.0 Å². The summed E-state index contributed by atoms with van der Waals surface area (Å²) in [6, 6.07) is 7.34. The smallest absolute Gasteiger partial charge is 0.310 e. The number of aromatic hydroxyl groups is 1. The topological polar surface area (TPSA) is 60.8 Å². The van der Waals surface area contributed by atoms with Crippen LogP contribution in [0.15, 0.2) is 24.3 Å². The second-order valence-electron chi connectivity index (χ2n) is 5.78. The van der Waals surface area contributed by atoms with Crippen molar-refractivity contribution in [3.05, 3.63) is 29.8 Å². The molecule has 0 saturated carbocycles. The zero-order chi connectivity index (χ0) is 14.8. The van der Waals surface area contributed by atoms with E-state index >= 15 is 0 Å². The molecule has 1 aromatic rings. The number of phenols is 1. The minimum absolute atomic E-state index is 0.168. The first-order chi connectivity index (χ1) is 9.48. The molecule has 0 amide bonds. The highest BCUT2D eigenvalue weighted by Crippen LogP contribution is 2.37. The lowest BCUT2D eigenvalue weighted by molar-refractivity contribution is -0.153. The van der Waals surface area contributed by atoms with Crippen LogP contribution in [0.1, 0.15) is 44.7 Å². The molecule has 1 fully saturated rings. The molecule has 110 valence electrons. The van der Waals surface area contributed by atoms with Gasteiger partial charge in [0.1, 0.15) is 5.75 Å². The fraction of sp³-hybridized carbons (Fsp3) is 0.562. The molecule has 1 aliphatic heterocycles. The first kappa shape index (κ1) is 14.9. The Morgan fingerprint density at radius 1 is 1.40 bits per heavy atom. The Kier molecular flexibility index (Phi) is 4.33. The average Bonchev–Trinajstić information content (AvgIpc) is 2.47. The Bertz CT molecular complexity index is 471. The Hall–Kier alpha value is -1.55. The van der Waals surface area contributed by atoms with Gasteiger partial charge in [0, 0.05) is 12.6 Å². The van der Waals surface area contributed by atoms with Crippen LogP contribution in [-0.4, -0.2) is 34.2 Å². The van der Waals surface area contributed by atoms with E-state index in [1.54, 1.807) is 12.1 Å². The maximum atomic E-state index is 11.6. The molecule has 0 spiro atoms. The van der Waals surface area contributed by atoms with E-state index in [-0.39, 0.29) is 11.8 Å². The number of benzene rings is 1. The second-order valence-corrected chi connectivity index (χ2v) is 5.78. The lowest BCUT2D eigenvalue weighted by Gasteiger charge is -2.42. The minimum Gasteiger partial charge on any atom is -0.508 e. The fourth-order valence-corrected chi connectivity index (χ4v) is 3.08. The Morgan fingerprint density at radius 3 is 2.60 bits per heavy atom. The van der Waals surface area contributed by atoms with Crippen molar-refractivity contribution in [1.29, 1.82) is 0 Å². The molecule has 0 aliphatic carbocycles. The molecule has 4 nitrogen and oxygen atoms in total. The molecular weight excluding hydrogens is 254 g/mol. The highest BCUT2D eigenvalue weighted by molar-refractivity contribution is 5.75.